The predicted octanol–water partition coefficient (Wildman–Crippen LogP) is 7.44. The number of pyridine rings is 1. The van der Waals surface area contributed by atoms with Crippen molar-refractivity contribution in [3.05, 3.63) is 70.3 Å². The molecular formula is C33H35F8N7O. The number of aliphatic hydroxyl groups excluding tert-OH is 1. The number of alkyl halides is 6. The fraction of sp³-hybridized carbons (Fsp3) is 0.515. The van der Waals surface area contributed by atoms with Gasteiger partial charge in [0, 0.05) is 49.3 Å². The van der Waals surface area contributed by atoms with Crippen molar-refractivity contribution in [2.75, 3.05) is 23.0 Å². The molecule has 49 heavy (non-hydrogen) atoms. The van der Waals surface area contributed by atoms with Crippen molar-refractivity contribution in [1.29, 1.82) is 0 Å². The van der Waals surface area contributed by atoms with E-state index in [1.165, 1.54) is 11.9 Å². The Kier molecular flexibility index (Phi) is 9.70. The Labute approximate surface area is 276 Å². The maximum absolute atomic E-state index is 14.4. The van der Waals surface area contributed by atoms with Crippen molar-refractivity contribution in [1.82, 2.24) is 25.2 Å². The van der Waals surface area contributed by atoms with Crippen LogP contribution in [0.15, 0.2) is 36.4 Å². The van der Waals surface area contributed by atoms with Crippen molar-refractivity contribution < 1.29 is 40.2 Å². The summed E-state index contributed by atoms with van der Waals surface area (Å²) in [6.45, 7) is 0.142. The summed E-state index contributed by atoms with van der Waals surface area (Å²) >= 11 is 0. The number of tetrazole rings is 1. The molecular weight excluding hydrogens is 662 g/mol. The number of benzene rings is 2. The van der Waals surface area contributed by atoms with Gasteiger partial charge in [0.2, 0.25) is 0 Å². The highest BCUT2D eigenvalue weighted by atomic mass is 19.4. The molecule has 1 saturated carbocycles. The Bertz CT molecular complexity index is 1750. The zero-order valence-electron chi connectivity index (χ0n) is 26.6. The molecule has 1 N–H and O–H groups in total. The van der Waals surface area contributed by atoms with E-state index in [-0.39, 0.29) is 47.7 Å². The number of hydrogen-bond donors (Lipinski definition) is 1. The minimum Gasteiger partial charge on any atom is -0.396 e. The van der Waals surface area contributed by atoms with E-state index in [0.717, 1.165) is 61.9 Å². The van der Waals surface area contributed by atoms with E-state index in [4.69, 9.17) is 4.98 Å². The van der Waals surface area contributed by atoms with E-state index in [9.17, 15) is 40.2 Å². The molecule has 1 saturated heterocycles. The number of hydrogen-bond acceptors (Lipinski definition) is 7. The summed E-state index contributed by atoms with van der Waals surface area (Å²) in [4.78, 5) is 9.44. The van der Waals surface area contributed by atoms with Crippen LogP contribution in [0.3, 0.4) is 0 Å². The molecule has 0 radical (unpaired) electrons. The van der Waals surface area contributed by atoms with Crippen molar-refractivity contribution in [3.63, 3.8) is 0 Å². The highest BCUT2D eigenvalue weighted by Crippen LogP contribution is 2.41. The summed E-state index contributed by atoms with van der Waals surface area (Å²) in [7, 11) is 1.46. The zero-order valence-corrected chi connectivity index (χ0v) is 26.6. The summed E-state index contributed by atoms with van der Waals surface area (Å²) < 4.78 is 111. The van der Waals surface area contributed by atoms with E-state index in [0.29, 0.717) is 41.9 Å². The molecule has 1 aliphatic heterocycles. The summed E-state index contributed by atoms with van der Waals surface area (Å²) in [6.07, 6.45) is -3.78. The number of fused-ring (bicyclic) bond motifs is 1. The van der Waals surface area contributed by atoms with Gasteiger partial charge in [-0.2, -0.15) is 31.1 Å². The average Bonchev–Trinajstić information content (AvgIpc) is 3.70. The molecule has 1 atom stereocenters. The normalized spacial score (nSPS) is 20.4. The second-order valence-corrected chi connectivity index (χ2v) is 13.0. The van der Waals surface area contributed by atoms with E-state index in [1.54, 1.807) is 6.07 Å². The maximum Gasteiger partial charge on any atom is 0.416 e. The molecule has 2 aliphatic rings. The number of anilines is 2. The van der Waals surface area contributed by atoms with Gasteiger partial charge < -0.3 is 14.9 Å². The standard InChI is InChI=1S/C33H35F8N7O/c1-46-44-31(43-45-46)47(17-20-11-24(32(36,37)38)15-25(12-20)33(39,40)41)18-23-13-22-14-26(34)27(35)16-28(22)42-30(23)48-9-2-3-29(48)21-6-4-19(5-7-21)8-10-49/h11-16,19,21,29,49H,2-10,17-18H2,1H3/t19?,21?,29-/m1/s1. The number of nitrogens with zero attached hydrogens (tertiary/aromatic N) is 7. The van der Waals surface area contributed by atoms with Crippen LogP contribution in [0.1, 0.15) is 67.2 Å². The maximum atomic E-state index is 14.4. The fourth-order valence-corrected chi connectivity index (χ4v) is 7.29. The number of aryl methyl sites for hydroxylation is 1. The Morgan fingerprint density at radius 1 is 0.857 bits per heavy atom. The summed E-state index contributed by atoms with van der Waals surface area (Å²) in [6, 6.07) is 5.07. The van der Waals surface area contributed by atoms with Gasteiger partial charge in [0.05, 0.1) is 23.7 Å². The highest BCUT2D eigenvalue weighted by molar-refractivity contribution is 5.82. The Morgan fingerprint density at radius 2 is 1.53 bits per heavy atom. The number of halogens is 8. The number of aliphatic hydroxyl groups is 1. The third-order valence-corrected chi connectivity index (χ3v) is 9.62. The van der Waals surface area contributed by atoms with E-state index in [2.05, 4.69) is 20.3 Å². The van der Waals surface area contributed by atoms with Gasteiger partial charge in [0.15, 0.2) is 11.6 Å². The van der Waals surface area contributed by atoms with Crippen molar-refractivity contribution in [2.45, 2.75) is 76.4 Å². The van der Waals surface area contributed by atoms with Crippen LogP contribution < -0.4 is 9.80 Å². The minimum atomic E-state index is -5.04. The van der Waals surface area contributed by atoms with Gasteiger partial charge in [-0.3, -0.25) is 0 Å². The first-order valence-electron chi connectivity index (χ1n) is 16.1. The van der Waals surface area contributed by atoms with Crippen LogP contribution in [0.4, 0.5) is 46.9 Å². The van der Waals surface area contributed by atoms with E-state index >= 15 is 0 Å². The quantitative estimate of drug-likeness (QED) is 0.182. The van der Waals surface area contributed by atoms with Crippen molar-refractivity contribution in [3.8, 4) is 0 Å². The Morgan fingerprint density at radius 3 is 2.14 bits per heavy atom. The van der Waals surface area contributed by atoms with Gasteiger partial charge in [0.1, 0.15) is 5.82 Å². The van der Waals surface area contributed by atoms with Gasteiger partial charge in [-0.25, -0.2) is 13.8 Å². The van der Waals surface area contributed by atoms with Crippen LogP contribution in [0.2, 0.25) is 0 Å². The predicted molar refractivity (Wildman–Crippen MR) is 164 cm³/mol. The second kappa shape index (κ2) is 13.7. The topological polar surface area (TPSA) is 83.2 Å². The van der Waals surface area contributed by atoms with Crippen LogP contribution in [0, 0.1) is 23.5 Å². The Balaban J connectivity index is 1.41. The fourth-order valence-electron chi connectivity index (χ4n) is 7.29. The molecule has 0 spiro atoms. The van der Waals surface area contributed by atoms with Gasteiger partial charge in [0.25, 0.3) is 5.95 Å². The van der Waals surface area contributed by atoms with Crippen LogP contribution >= 0.6 is 0 Å². The lowest BCUT2D eigenvalue weighted by atomic mass is 9.77. The van der Waals surface area contributed by atoms with Gasteiger partial charge in [-0.05, 0) is 85.0 Å². The molecule has 1 aliphatic carbocycles. The molecule has 2 aromatic carbocycles. The molecule has 0 amide bonds. The third-order valence-electron chi connectivity index (χ3n) is 9.62. The molecule has 0 bridgehead atoms. The third kappa shape index (κ3) is 7.73. The first-order valence-corrected chi connectivity index (χ1v) is 16.1. The first-order chi connectivity index (χ1) is 23.2. The SMILES string of the molecule is Cn1nnc(N(Cc2cc(C(F)(F)F)cc(C(F)(F)F)c2)Cc2cc3cc(F)c(F)cc3nc2N2CCC[C@@H]2C2CCC(CCO)CC2)n1. The van der Waals surface area contributed by atoms with E-state index in [1.807, 2.05) is 0 Å². The van der Waals surface area contributed by atoms with Crippen molar-refractivity contribution in [2.24, 2.45) is 18.9 Å². The summed E-state index contributed by atoms with van der Waals surface area (Å²) in [5.41, 5.74) is -2.52. The molecule has 264 valence electrons. The van der Waals surface area contributed by atoms with Crippen LogP contribution in [0.5, 0.6) is 0 Å². The molecule has 2 aromatic heterocycles. The van der Waals surface area contributed by atoms with E-state index < -0.39 is 41.7 Å². The molecule has 2 fully saturated rings. The van der Waals surface area contributed by atoms with Crippen molar-refractivity contribution >= 4 is 22.7 Å². The van der Waals surface area contributed by atoms with Crippen LogP contribution in [-0.2, 0) is 32.5 Å². The minimum absolute atomic E-state index is 0.0648. The number of aromatic nitrogens is 5. The molecule has 4 aromatic rings. The largest absolute Gasteiger partial charge is 0.416 e. The van der Waals surface area contributed by atoms with Gasteiger partial charge >= 0.3 is 12.4 Å². The first kappa shape index (κ1) is 34.8. The Hall–Kier alpha value is -4.08. The molecule has 6 rings (SSSR count). The van der Waals surface area contributed by atoms with Crippen LogP contribution in [-0.4, -0.2) is 49.5 Å². The zero-order chi connectivity index (χ0) is 35.1. The van der Waals surface area contributed by atoms with Crippen LogP contribution in [0.25, 0.3) is 10.9 Å². The lowest BCUT2D eigenvalue weighted by Gasteiger charge is -2.38. The monoisotopic (exact) mass is 697 g/mol. The lowest BCUT2D eigenvalue weighted by Crippen LogP contribution is -2.39. The summed E-state index contributed by atoms with van der Waals surface area (Å²) in [5.74, 6) is -1.00. The molecule has 16 heteroatoms. The lowest BCUT2D eigenvalue weighted by molar-refractivity contribution is -0.143. The number of rotatable bonds is 9. The highest BCUT2D eigenvalue weighted by Gasteiger charge is 2.38. The molecule has 0 unspecified atom stereocenters. The van der Waals surface area contributed by atoms with Gasteiger partial charge in [-0.1, -0.05) is 17.9 Å². The summed E-state index contributed by atoms with van der Waals surface area (Å²) in [5, 5.41) is 21.7. The average molecular weight is 698 g/mol. The smallest absolute Gasteiger partial charge is 0.396 e. The molecule has 3 heterocycles. The van der Waals surface area contributed by atoms with Gasteiger partial charge in [-0.15, -0.1) is 5.10 Å². The molecule has 8 nitrogen and oxygen atoms in total. The second-order valence-electron chi connectivity index (χ2n) is 13.0.